The van der Waals surface area contributed by atoms with Gasteiger partial charge < -0.3 is 33.2 Å². The summed E-state index contributed by atoms with van der Waals surface area (Å²) < 4.78 is 37.1. The smallest absolute Gasteiger partial charge is 0.302 e. The minimum absolute atomic E-state index is 0.0135. The van der Waals surface area contributed by atoms with Crippen LogP contribution in [0.1, 0.15) is 72.6 Å². The highest BCUT2D eigenvalue weighted by Gasteiger charge is 2.49. The number of hydrogen-bond donors (Lipinski definition) is 0. The molecule has 4 fully saturated rings. The van der Waals surface area contributed by atoms with Crippen molar-refractivity contribution in [1.29, 1.82) is 0 Å². The van der Waals surface area contributed by atoms with Crippen LogP contribution in [-0.4, -0.2) is 73.5 Å². The largest absolute Gasteiger partial charge is 0.460 e. The average Bonchev–Trinajstić information content (AvgIpc) is 2.90. The average molecular weight is 481 g/mol. The van der Waals surface area contributed by atoms with Gasteiger partial charge in [-0.1, -0.05) is 13.5 Å². The van der Waals surface area contributed by atoms with E-state index in [1.54, 1.807) is 0 Å². The molecule has 0 N–H and O–H groups in total. The summed E-state index contributed by atoms with van der Waals surface area (Å²) in [6.45, 7) is 12.3. The van der Waals surface area contributed by atoms with E-state index in [0.29, 0.717) is 44.6 Å². The number of rotatable bonds is 6. The van der Waals surface area contributed by atoms with Gasteiger partial charge in [0.2, 0.25) is 0 Å². The maximum atomic E-state index is 11.9. The highest BCUT2D eigenvalue weighted by atomic mass is 16.7. The van der Waals surface area contributed by atoms with Crippen LogP contribution < -0.4 is 0 Å². The third-order valence-corrected chi connectivity index (χ3v) is 7.55. The van der Waals surface area contributed by atoms with E-state index in [4.69, 9.17) is 28.4 Å². The molecule has 0 aliphatic carbocycles. The van der Waals surface area contributed by atoms with Gasteiger partial charge in [0, 0.05) is 32.6 Å². The highest BCUT2D eigenvalue weighted by Crippen LogP contribution is 2.40. The summed E-state index contributed by atoms with van der Waals surface area (Å²) in [5, 5.41) is 0. The molecule has 8 nitrogen and oxygen atoms in total. The zero-order valence-corrected chi connectivity index (χ0v) is 20.9. The molecule has 0 saturated carbocycles. The fraction of sp³-hybridized carbons (Fsp3) is 0.846. The molecule has 9 atom stereocenters. The minimum Gasteiger partial charge on any atom is -0.460 e. The Hall–Kier alpha value is -1.32. The monoisotopic (exact) mass is 480 g/mol. The zero-order valence-electron chi connectivity index (χ0n) is 20.9. The third-order valence-electron chi connectivity index (χ3n) is 7.55. The molecule has 192 valence electrons. The van der Waals surface area contributed by atoms with E-state index in [2.05, 4.69) is 13.5 Å². The Bertz CT molecular complexity index is 751. The van der Waals surface area contributed by atoms with Crippen LogP contribution >= 0.6 is 0 Å². The lowest BCUT2D eigenvalue weighted by Crippen LogP contribution is -2.58. The number of esters is 1. The molecule has 4 aliphatic heterocycles. The molecule has 4 aliphatic rings. The van der Waals surface area contributed by atoms with Gasteiger partial charge in [-0.15, -0.1) is 0 Å². The van der Waals surface area contributed by atoms with Gasteiger partial charge in [-0.25, -0.2) is 0 Å². The van der Waals surface area contributed by atoms with Gasteiger partial charge in [-0.2, -0.15) is 0 Å². The second-order valence-electron chi connectivity index (χ2n) is 10.7. The van der Waals surface area contributed by atoms with Crippen LogP contribution in [0.4, 0.5) is 0 Å². The first-order chi connectivity index (χ1) is 16.1. The number of hydrogen-bond acceptors (Lipinski definition) is 8. The molecule has 0 aromatic carbocycles. The Morgan fingerprint density at radius 2 is 1.88 bits per heavy atom. The molecule has 0 amide bonds. The van der Waals surface area contributed by atoms with E-state index in [-0.39, 0.29) is 48.7 Å². The van der Waals surface area contributed by atoms with E-state index < -0.39 is 11.9 Å². The van der Waals surface area contributed by atoms with Crippen molar-refractivity contribution in [3.63, 3.8) is 0 Å². The van der Waals surface area contributed by atoms with Crippen molar-refractivity contribution < 1.29 is 38.0 Å². The van der Waals surface area contributed by atoms with E-state index >= 15 is 0 Å². The number of aldehydes is 1. The number of ether oxygens (including phenoxy) is 6. The van der Waals surface area contributed by atoms with Crippen molar-refractivity contribution in [3.8, 4) is 0 Å². The van der Waals surface area contributed by atoms with Crippen molar-refractivity contribution in [2.24, 2.45) is 5.92 Å². The summed E-state index contributed by atoms with van der Waals surface area (Å²) in [5.74, 6) is -0.705. The number of fused-ring (bicyclic) bond motifs is 2. The lowest BCUT2D eigenvalue weighted by Gasteiger charge is -2.48. The van der Waals surface area contributed by atoms with E-state index in [9.17, 15) is 9.59 Å². The van der Waals surface area contributed by atoms with E-state index in [0.717, 1.165) is 24.7 Å². The Morgan fingerprint density at radius 3 is 2.62 bits per heavy atom. The van der Waals surface area contributed by atoms with Crippen molar-refractivity contribution in [1.82, 2.24) is 0 Å². The van der Waals surface area contributed by atoms with Crippen LogP contribution in [0.2, 0.25) is 0 Å². The number of carbonyl (C=O) groups excluding carboxylic acids is 2. The Labute approximate surface area is 202 Å². The lowest BCUT2D eigenvalue weighted by molar-refractivity contribution is -0.284. The first-order valence-electron chi connectivity index (χ1n) is 12.7. The summed E-state index contributed by atoms with van der Waals surface area (Å²) in [5.41, 5.74) is 1.03. The van der Waals surface area contributed by atoms with Gasteiger partial charge >= 0.3 is 5.97 Å². The molecule has 0 spiro atoms. The van der Waals surface area contributed by atoms with Crippen molar-refractivity contribution in [2.75, 3.05) is 6.61 Å². The summed E-state index contributed by atoms with van der Waals surface area (Å²) in [6, 6.07) is 0. The highest BCUT2D eigenvalue weighted by molar-refractivity contribution is 5.66. The Morgan fingerprint density at radius 1 is 1.12 bits per heavy atom. The predicted molar refractivity (Wildman–Crippen MR) is 123 cm³/mol. The van der Waals surface area contributed by atoms with Gasteiger partial charge in [0.05, 0.1) is 49.3 Å². The van der Waals surface area contributed by atoms with Crippen LogP contribution in [-0.2, 0) is 38.0 Å². The third kappa shape index (κ3) is 6.08. The predicted octanol–water partition coefficient (Wildman–Crippen LogP) is 3.49. The van der Waals surface area contributed by atoms with Crippen LogP contribution in [0.5, 0.6) is 0 Å². The summed E-state index contributed by atoms with van der Waals surface area (Å²) in [4.78, 5) is 22.8. The Kier molecular flexibility index (Phi) is 8.14. The summed E-state index contributed by atoms with van der Waals surface area (Å²) >= 11 is 0. The van der Waals surface area contributed by atoms with Crippen LogP contribution in [0, 0.1) is 5.92 Å². The second-order valence-corrected chi connectivity index (χ2v) is 10.7. The second kappa shape index (κ2) is 10.7. The lowest BCUT2D eigenvalue weighted by atomic mass is 9.83. The topological polar surface area (TPSA) is 89.5 Å². The summed E-state index contributed by atoms with van der Waals surface area (Å²) in [7, 11) is 0. The van der Waals surface area contributed by atoms with Gasteiger partial charge in [0.15, 0.2) is 5.79 Å². The molecule has 2 unspecified atom stereocenters. The van der Waals surface area contributed by atoms with Crippen LogP contribution in [0.15, 0.2) is 12.2 Å². The molecule has 0 aromatic heterocycles. The molecule has 4 heterocycles. The maximum Gasteiger partial charge on any atom is 0.302 e. The molecular weight excluding hydrogens is 440 g/mol. The van der Waals surface area contributed by atoms with Gasteiger partial charge in [-0.05, 0) is 44.6 Å². The van der Waals surface area contributed by atoms with E-state index in [1.807, 2.05) is 13.8 Å². The molecule has 0 aromatic rings. The van der Waals surface area contributed by atoms with Gasteiger partial charge in [0.25, 0.3) is 0 Å². The van der Waals surface area contributed by atoms with Crippen molar-refractivity contribution >= 4 is 12.3 Å². The zero-order chi connectivity index (χ0) is 24.5. The van der Waals surface area contributed by atoms with Crippen molar-refractivity contribution in [3.05, 3.63) is 12.2 Å². The SMILES string of the molecule is C=C1C(C[C@@H]2O[C@H]3C[C@H]4OC(C)(C)OCC[C@H]4O[C@H]3C[C@H]2OC(C)=O)OC(CCC=O)C[C@H]1C. The van der Waals surface area contributed by atoms with E-state index in [1.165, 1.54) is 6.92 Å². The minimum atomic E-state index is -0.662. The van der Waals surface area contributed by atoms with Crippen molar-refractivity contribution in [2.45, 2.75) is 127 Å². The fourth-order valence-electron chi connectivity index (χ4n) is 5.81. The normalized spacial score (nSPS) is 42.1. The number of carbonyl (C=O) groups is 2. The molecule has 34 heavy (non-hydrogen) atoms. The fourth-order valence-corrected chi connectivity index (χ4v) is 5.81. The molecule has 0 bridgehead atoms. The first kappa shape index (κ1) is 25.8. The van der Waals surface area contributed by atoms with Crippen LogP contribution in [0.3, 0.4) is 0 Å². The molecular formula is C26H40O8. The quantitative estimate of drug-likeness (QED) is 0.324. The first-order valence-corrected chi connectivity index (χ1v) is 12.7. The molecule has 8 heteroatoms. The van der Waals surface area contributed by atoms with Gasteiger partial charge in [-0.3, -0.25) is 4.79 Å². The molecule has 4 saturated heterocycles. The van der Waals surface area contributed by atoms with Crippen LogP contribution in [0.25, 0.3) is 0 Å². The molecule has 0 radical (unpaired) electrons. The summed E-state index contributed by atoms with van der Waals surface area (Å²) in [6.07, 6.45) is 4.11. The molecule has 4 rings (SSSR count). The maximum absolute atomic E-state index is 11.9. The Balaban J connectivity index is 1.47. The van der Waals surface area contributed by atoms with Gasteiger partial charge in [0.1, 0.15) is 12.4 Å². The standard InChI is InChI=1S/C26H40O8/c1-15-11-18(7-6-9-27)31-20(16(15)2)12-22-21(30-17(3)28)13-23-24(33-22)14-25-19(32-23)8-10-29-26(4,5)34-25/h9,15,18-25H,2,6-8,10-14H2,1,3-5H3/t15-,18?,19-,20?,21-,22+,23+,24+,25-/m1/s1.